The van der Waals surface area contributed by atoms with E-state index in [2.05, 4.69) is 76.8 Å². The van der Waals surface area contributed by atoms with Gasteiger partial charge in [-0.25, -0.2) is 24.4 Å². The van der Waals surface area contributed by atoms with E-state index in [4.69, 9.17) is 34.4 Å². The van der Waals surface area contributed by atoms with E-state index in [9.17, 15) is 86.9 Å². The standard InChI is InChI=1S/C62H85N31O18/c1-35-22-91(62(111)83-55(35)106)30-48(103)84(16-9-69-36(2)94)23-41(96)71-11-18-86(49(104)31-92-33-74-51-53(92)79-58(67)81-56(51)107)25-43(98)70-10-17-85(46(101)28-89-14-6-39(65)77-60(89)109)24-42(97)72-12-19-87(50(105)32-93-34-75-52-54(93)80-59(68)82-57(52)108)26-44(99)73-13-20-88(47(102)29-90-15-7-40(66)78-61(90)110)27-45(100)76-37(38(95)21-64)5-3-4-8-63/h6-7,14-15,22,33-34,37H,3-5,8-13,16-21,23-32,63-64H2,1-2H3,(H,69,94)(H,70,98)(H,71,96)(H,72,97)(H,73,99)(H,76,100)(H2,65,77,109)(H2,66,78,110)(H,83,106,111)(H3,67,79,81,107)(H3,68,80,82,108)/t37-/m0/s1. The average molecular weight is 1550 g/mol. The number of amides is 11. The van der Waals surface area contributed by atoms with Crippen molar-refractivity contribution in [1.82, 2.24) is 124 Å². The molecule has 49 heteroatoms. The van der Waals surface area contributed by atoms with Crippen molar-refractivity contribution < 1.29 is 67.7 Å². The third-order valence-electron chi connectivity index (χ3n) is 16.3. The van der Waals surface area contributed by atoms with Crippen LogP contribution in [0.25, 0.3) is 22.3 Å². The van der Waals surface area contributed by atoms with Gasteiger partial charge >= 0.3 is 17.1 Å². The van der Waals surface area contributed by atoms with Crippen LogP contribution in [0.4, 0.5) is 23.5 Å². The zero-order valence-electron chi connectivity index (χ0n) is 60.2. The predicted molar refractivity (Wildman–Crippen MR) is 387 cm³/mol. The van der Waals surface area contributed by atoms with Crippen molar-refractivity contribution in [2.45, 2.75) is 71.9 Å². The molecular formula is C62H85N31O18. The number of nitrogens with two attached hydrogens (primary N) is 6. The molecule has 0 saturated carbocycles. The van der Waals surface area contributed by atoms with Crippen molar-refractivity contribution in [3.8, 4) is 11.8 Å². The van der Waals surface area contributed by atoms with Gasteiger partial charge in [-0.2, -0.15) is 29.9 Å². The van der Waals surface area contributed by atoms with Gasteiger partial charge < -0.3 is 110 Å². The Morgan fingerprint density at radius 2 is 0.847 bits per heavy atom. The number of unbranched alkanes of at least 4 members (excludes halogenated alkanes) is 1. The number of hydrogen-bond donors (Lipinski definition) is 15. The molecule has 0 radical (unpaired) electrons. The third kappa shape index (κ3) is 25.4. The first-order chi connectivity index (χ1) is 52.8. The number of nitrogens with one attached hydrogen (secondary N) is 7. The first kappa shape index (κ1) is 84.4. The van der Waals surface area contributed by atoms with Gasteiger partial charge in [-0.05, 0) is 44.9 Å². The third-order valence-corrected chi connectivity index (χ3v) is 16.3. The summed E-state index contributed by atoms with van der Waals surface area (Å²) in [7, 11) is 0. The lowest BCUT2D eigenvalue weighted by Gasteiger charge is -2.26. The number of carbonyl (C=O) groups is 12. The van der Waals surface area contributed by atoms with Crippen molar-refractivity contribution in [3.05, 3.63) is 90.7 Å². The second-order valence-corrected chi connectivity index (χ2v) is 24.7. The maximum atomic E-state index is 14.3. The normalized spacial score (nSPS) is 11.3. The molecule has 111 heavy (non-hydrogen) atoms. The molecule has 0 aliphatic carbocycles. The van der Waals surface area contributed by atoms with Gasteiger partial charge in [0.1, 0.15) is 44.4 Å². The van der Waals surface area contributed by atoms with E-state index in [1.165, 1.54) is 41.3 Å². The number of aromatic nitrogens is 14. The Morgan fingerprint density at radius 1 is 0.486 bits per heavy atom. The fourth-order valence-electron chi connectivity index (χ4n) is 10.6. The molecule has 1 atom stereocenters. The molecule has 0 fully saturated rings. The predicted octanol–water partition coefficient (Wildman–Crippen LogP) is -11.3. The summed E-state index contributed by atoms with van der Waals surface area (Å²) in [6.07, 6.45) is 6.93. The molecule has 0 aliphatic heterocycles. The Hall–Kier alpha value is -13.9. The number of Topliss-reactive ketones (excluding diaryl/α,β-unsaturated/α-hetero) is 1. The van der Waals surface area contributed by atoms with Crippen molar-refractivity contribution in [1.29, 1.82) is 0 Å². The number of anilines is 4. The fourth-order valence-corrected chi connectivity index (χ4v) is 10.6. The van der Waals surface area contributed by atoms with E-state index in [-0.39, 0.29) is 84.0 Å². The van der Waals surface area contributed by atoms with E-state index < -0.39 is 222 Å². The molecule has 0 spiro atoms. The molecule has 7 heterocycles. The first-order valence-corrected chi connectivity index (χ1v) is 34.0. The highest BCUT2D eigenvalue weighted by Gasteiger charge is 2.28. The summed E-state index contributed by atoms with van der Waals surface area (Å²) < 4.78 is 5.07. The lowest BCUT2D eigenvalue weighted by atomic mass is 10.1. The van der Waals surface area contributed by atoms with Crippen molar-refractivity contribution in [2.24, 2.45) is 11.5 Å². The molecule has 0 aromatic carbocycles. The molecular weight excluding hydrogens is 1470 g/mol. The molecule has 49 nitrogen and oxygen atoms in total. The monoisotopic (exact) mass is 1550 g/mol. The number of aryl methyl sites for hydroxylation is 1. The lowest BCUT2D eigenvalue weighted by molar-refractivity contribution is -0.138. The Kier molecular flexibility index (Phi) is 30.5. The van der Waals surface area contributed by atoms with Gasteiger partial charge in [-0.3, -0.25) is 81.0 Å². The topological polar surface area (TPSA) is 702 Å². The van der Waals surface area contributed by atoms with Crippen LogP contribution in [0.2, 0.25) is 0 Å². The van der Waals surface area contributed by atoms with Gasteiger partial charge in [-0.15, -0.1) is 0 Å². The Bertz CT molecular complexity index is 4860. The maximum Gasteiger partial charge on any atom is 0.349 e. The van der Waals surface area contributed by atoms with Gasteiger partial charge in [0.2, 0.25) is 88.6 Å². The summed E-state index contributed by atoms with van der Waals surface area (Å²) in [5, 5.41) is 36.1. The maximum absolute atomic E-state index is 14.3. The van der Waals surface area contributed by atoms with Crippen LogP contribution in [0.1, 0.15) is 31.7 Å². The summed E-state index contributed by atoms with van der Waals surface area (Å²) in [5.41, 5.74) is 30.3. The molecule has 0 aliphatic rings. The van der Waals surface area contributed by atoms with E-state index >= 15 is 0 Å². The van der Waals surface area contributed by atoms with Gasteiger partial charge in [0.15, 0.2) is 28.1 Å². The van der Waals surface area contributed by atoms with E-state index in [0.717, 1.165) is 63.2 Å². The molecule has 7 aromatic heterocycles. The van der Waals surface area contributed by atoms with Crippen LogP contribution < -0.4 is 88.9 Å². The van der Waals surface area contributed by atoms with Crippen LogP contribution >= 0.6 is 0 Å². The SMILES string of the molecule is CC(=O)NCCN(CC(=O)NCCN(CC(=O)NCCN(CC(=O)NCCN(CC(=O)NCCN(CC(=O)N[C@@H](CCCCN)C(=O)CN)C(=O)Cn1ccc(N)nc1=O)C(=O)Cn1cnc2c(O)nc(N)nc21)C(=O)Cn1ccc(N)nc1=O)C(=O)Cn1cnc2c(O)nc(N)nc21)C(=O)Cn1cc(C)c(=O)[nH]c1=O. The Labute approximate surface area is 626 Å². The van der Waals surface area contributed by atoms with Crippen LogP contribution in [-0.2, 0) is 90.3 Å². The van der Waals surface area contributed by atoms with Crippen LogP contribution in [0, 0.1) is 6.92 Å². The number of ketones is 1. The number of fused-ring (bicyclic) bond motifs is 2. The van der Waals surface area contributed by atoms with Crippen LogP contribution in [0.5, 0.6) is 11.8 Å². The Morgan fingerprint density at radius 3 is 1.21 bits per heavy atom. The molecule has 7 rings (SSSR count). The number of nitrogen functional groups attached to an aromatic ring is 4. The smallest absolute Gasteiger partial charge is 0.349 e. The average Bonchev–Trinajstić information content (AvgIpc) is 1.71. The number of aromatic amines is 1. The van der Waals surface area contributed by atoms with Gasteiger partial charge in [0, 0.05) is 96.5 Å². The quantitative estimate of drug-likeness (QED) is 0.0158. The van der Waals surface area contributed by atoms with Crippen LogP contribution in [-0.4, -0.2) is 290 Å². The molecule has 0 saturated heterocycles. The van der Waals surface area contributed by atoms with E-state index in [1.54, 1.807) is 0 Å². The van der Waals surface area contributed by atoms with Crippen molar-refractivity contribution >= 4 is 117 Å². The van der Waals surface area contributed by atoms with Crippen molar-refractivity contribution in [3.63, 3.8) is 0 Å². The highest BCUT2D eigenvalue weighted by atomic mass is 16.3. The summed E-state index contributed by atoms with van der Waals surface area (Å²) >= 11 is 0. The first-order valence-electron chi connectivity index (χ1n) is 34.0. The van der Waals surface area contributed by atoms with Gasteiger partial charge in [0.05, 0.1) is 58.0 Å². The van der Waals surface area contributed by atoms with Crippen molar-refractivity contribution in [2.75, 3.05) is 134 Å². The van der Waals surface area contributed by atoms with Crippen LogP contribution in [0.3, 0.4) is 0 Å². The van der Waals surface area contributed by atoms with Gasteiger partial charge in [0.25, 0.3) is 5.56 Å². The molecule has 7 aromatic rings. The highest BCUT2D eigenvalue weighted by molar-refractivity contribution is 5.93. The summed E-state index contributed by atoms with van der Waals surface area (Å²) in [6.45, 7) is -8.03. The molecule has 21 N–H and O–H groups in total. The largest absolute Gasteiger partial charge is 0.492 e. The molecule has 0 unspecified atom stereocenters. The van der Waals surface area contributed by atoms with Crippen LogP contribution in [0.15, 0.2) is 62.6 Å². The highest BCUT2D eigenvalue weighted by Crippen LogP contribution is 2.22. The number of carbonyl (C=O) groups excluding carboxylic acids is 12. The number of aromatic hydroxyl groups is 2. The second kappa shape index (κ2) is 40.2. The molecule has 596 valence electrons. The zero-order chi connectivity index (χ0) is 81.2. The number of H-pyrrole nitrogens is 1. The summed E-state index contributed by atoms with van der Waals surface area (Å²) in [5.74, 6) is -11.6. The minimum Gasteiger partial charge on any atom is -0.492 e. The molecule has 11 amide bonds. The van der Waals surface area contributed by atoms with E-state index in [1.807, 2.05) is 0 Å². The Balaban J connectivity index is 1.05. The number of nitrogens with zero attached hydrogens (tertiary/aromatic N) is 18. The second-order valence-electron chi connectivity index (χ2n) is 24.7. The number of imidazole rings is 2. The van der Waals surface area contributed by atoms with Gasteiger partial charge in [-0.1, -0.05) is 0 Å². The summed E-state index contributed by atoms with van der Waals surface area (Å²) in [6, 6.07) is 1.45. The zero-order valence-corrected chi connectivity index (χ0v) is 60.2. The minimum atomic E-state index is -1.03. The van der Waals surface area contributed by atoms with E-state index in [0.29, 0.717) is 19.4 Å². The minimum absolute atomic E-state index is 0.0810. The molecule has 0 bridgehead atoms. The summed E-state index contributed by atoms with van der Waals surface area (Å²) in [4.78, 5) is 251. The number of hydrogen-bond acceptors (Lipinski definition) is 32. The number of rotatable bonds is 42. The lowest BCUT2D eigenvalue weighted by Crippen LogP contribution is -2.51. The fraction of sp³-hybridized carbons (Fsp3) is 0.452.